The molecular formula is C29H34N2O2. The van der Waals surface area contributed by atoms with Gasteiger partial charge in [-0.1, -0.05) is 124 Å². The third-order valence-electron chi connectivity index (χ3n) is 6.25. The number of rotatable bonds is 12. The van der Waals surface area contributed by atoms with Crippen molar-refractivity contribution in [3.05, 3.63) is 108 Å². The lowest BCUT2D eigenvalue weighted by Gasteiger charge is -2.36. The molecule has 0 fully saturated rings. The molecule has 33 heavy (non-hydrogen) atoms. The molecule has 0 saturated heterocycles. The Kier molecular flexibility index (Phi) is 8.82. The van der Waals surface area contributed by atoms with E-state index in [2.05, 4.69) is 48.6 Å². The first kappa shape index (κ1) is 24.2. The molecular weight excluding hydrogens is 408 g/mol. The van der Waals surface area contributed by atoms with Gasteiger partial charge >= 0.3 is 0 Å². The molecule has 2 amide bonds. The van der Waals surface area contributed by atoms with Gasteiger partial charge in [0.25, 0.3) is 0 Å². The second-order valence-corrected chi connectivity index (χ2v) is 8.55. The maximum Gasteiger partial charge on any atom is 0.239 e. The molecule has 172 valence electrons. The maximum absolute atomic E-state index is 13.5. The lowest BCUT2D eigenvalue weighted by atomic mass is 9.67. The Morgan fingerprint density at radius 3 is 1.61 bits per heavy atom. The molecule has 0 aliphatic heterocycles. The minimum atomic E-state index is -0.696. The SMILES string of the molecule is CCCCCC[C@@H](NC(=O)CC(c1ccccc1)(c1ccccc1)c1ccccc1)C(N)=O. The quantitative estimate of drug-likeness (QED) is 0.293. The number of hydrogen-bond acceptors (Lipinski definition) is 2. The molecule has 0 aromatic heterocycles. The van der Waals surface area contributed by atoms with Crippen molar-refractivity contribution >= 4 is 11.8 Å². The molecule has 1 atom stereocenters. The molecule has 3 aromatic rings. The summed E-state index contributed by atoms with van der Waals surface area (Å²) in [6, 6.07) is 29.6. The van der Waals surface area contributed by atoms with Gasteiger partial charge in [-0.15, -0.1) is 0 Å². The zero-order valence-electron chi connectivity index (χ0n) is 19.4. The highest BCUT2D eigenvalue weighted by Crippen LogP contribution is 2.42. The average molecular weight is 443 g/mol. The summed E-state index contributed by atoms with van der Waals surface area (Å²) in [5, 5.41) is 2.94. The van der Waals surface area contributed by atoms with Gasteiger partial charge in [0.15, 0.2) is 0 Å². The Labute approximate surface area is 197 Å². The Morgan fingerprint density at radius 1 is 0.758 bits per heavy atom. The lowest BCUT2D eigenvalue weighted by molar-refractivity contribution is -0.128. The predicted molar refractivity (Wildman–Crippen MR) is 134 cm³/mol. The van der Waals surface area contributed by atoms with Crippen molar-refractivity contribution in [1.82, 2.24) is 5.32 Å². The highest BCUT2D eigenvalue weighted by molar-refractivity contribution is 5.87. The maximum atomic E-state index is 13.5. The summed E-state index contributed by atoms with van der Waals surface area (Å²) in [7, 11) is 0. The summed E-state index contributed by atoms with van der Waals surface area (Å²) in [5.74, 6) is -0.671. The van der Waals surface area contributed by atoms with Gasteiger partial charge in [-0.25, -0.2) is 0 Å². The number of hydrogen-bond donors (Lipinski definition) is 2. The van der Waals surface area contributed by atoms with Crippen molar-refractivity contribution in [3.8, 4) is 0 Å². The van der Waals surface area contributed by atoms with Gasteiger partial charge in [-0.2, -0.15) is 0 Å². The molecule has 4 heteroatoms. The summed E-state index contributed by atoms with van der Waals surface area (Å²) in [6.45, 7) is 2.14. The first-order valence-electron chi connectivity index (χ1n) is 11.8. The fraction of sp³-hybridized carbons (Fsp3) is 0.310. The largest absolute Gasteiger partial charge is 0.368 e. The normalized spacial score (nSPS) is 12.2. The van der Waals surface area contributed by atoms with Crippen molar-refractivity contribution in [1.29, 1.82) is 0 Å². The van der Waals surface area contributed by atoms with E-state index in [9.17, 15) is 9.59 Å². The Balaban J connectivity index is 1.98. The number of unbranched alkanes of at least 4 members (excludes halogenated alkanes) is 3. The second kappa shape index (κ2) is 12.0. The van der Waals surface area contributed by atoms with Gasteiger partial charge in [0, 0.05) is 6.42 Å². The van der Waals surface area contributed by atoms with Crippen molar-refractivity contribution in [2.75, 3.05) is 0 Å². The predicted octanol–water partition coefficient (Wildman–Crippen LogP) is 5.35. The molecule has 0 unspecified atom stereocenters. The standard InChI is InChI=1S/C29H34N2O2/c1-2-3-4-14-21-26(28(30)33)31-27(32)22-29(23-15-8-5-9-16-23,24-17-10-6-11-18-24)25-19-12-7-13-20-25/h5-13,15-20,26H,2-4,14,21-22H2,1H3,(H2,30,33)(H,31,32)/t26-/m1/s1. The van der Waals surface area contributed by atoms with Crippen LogP contribution in [0, 0.1) is 0 Å². The van der Waals surface area contributed by atoms with E-state index < -0.39 is 17.4 Å². The van der Waals surface area contributed by atoms with Crippen LogP contribution in [0.15, 0.2) is 91.0 Å². The van der Waals surface area contributed by atoms with Gasteiger partial charge in [0.05, 0.1) is 5.41 Å². The van der Waals surface area contributed by atoms with E-state index in [-0.39, 0.29) is 12.3 Å². The highest BCUT2D eigenvalue weighted by atomic mass is 16.2. The van der Waals surface area contributed by atoms with Crippen LogP contribution in [0.4, 0.5) is 0 Å². The fourth-order valence-electron chi connectivity index (χ4n) is 4.52. The van der Waals surface area contributed by atoms with Crippen molar-refractivity contribution in [3.63, 3.8) is 0 Å². The molecule has 3 aromatic carbocycles. The van der Waals surface area contributed by atoms with E-state index in [0.29, 0.717) is 6.42 Å². The van der Waals surface area contributed by atoms with Gasteiger partial charge < -0.3 is 11.1 Å². The van der Waals surface area contributed by atoms with Crippen LogP contribution in [0.25, 0.3) is 0 Å². The average Bonchev–Trinajstić information content (AvgIpc) is 2.86. The number of primary amides is 1. The van der Waals surface area contributed by atoms with Crippen molar-refractivity contribution in [2.45, 2.75) is 56.9 Å². The number of nitrogens with one attached hydrogen (secondary N) is 1. The van der Waals surface area contributed by atoms with E-state index in [0.717, 1.165) is 42.4 Å². The van der Waals surface area contributed by atoms with Crippen LogP contribution in [-0.2, 0) is 15.0 Å². The highest BCUT2D eigenvalue weighted by Gasteiger charge is 2.39. The van der Waals surface area contributed by atoms with Crippen molar-refractivity contribution in [2.24, 2.45) is 5.73 Å². The fourth-order valence-corrected chi connectivity index (χ4v) is 4.52. The van der Waals surface area contributed by atoms with Crippen molar-refractivity contribution < 1.29 is 9.59 Å². The molecule has 0 aliphatic rings. The first-order valence-corrected chi connectivity index (χ1v) is 11.8. The Bertz CT molecular complexity index is 907. The molecule has 0 saturated carbocycles. The van der Waals surface area contributed by atoms with E-state index in [1.165, 1.54) is 0 Å². The van der Waals surface area contributed by atoms with Crippen LogP contribution < -0.4 is 11.1 Å². The Hall–Kier alpha value is -3.40. The van der Waals surface area contributed by atoms with Gasteiger partial charge in [0.1, 0.15) is 6.04 Å². The minimum absolute atomic E-state index is 0.170. The van der Waals surface area contributed by atoms with E-state index in [4.69, 9.17) is 5.73 Å². The molecule has 3 N–H and O–H groups in total. The van der Waals surface area contributed by atoms with Gasteiger partial charge in [-0.3, -0.25) is 9.59 Å². The van der Waals surface area contributed by atoms with E-state index in [1.807, 2.05) is 54.6 Å². The Morgan fingerprint density at radius 2 is 1.21 bits per heavy atom. The summed E-state index contributed by atoms with van der Waals surface area (Å²) in [4.78, 5) is 25.5. The number of benzene rings is 3. The third kappa shape index (κ3) is 6.10. The third-order valence-corrected chi connectivity index (χ3v) is 6.25. The number of carbonyl (C=O) groups is 2. The van der Waals surface area contributed by atoms with Crippen LogP contribution in [0.1, 0.15) is 62.1 Å². The topological polar surface area (TPSA) is 72.2 Å². The summed E-state index contributed by atoms with van der Waals surface area (Å²) in [5.41, 5.74) is 8.02. The van der Waals surface area contributed by atoms with Crippen LogP contribution in [0.5, 0.6) is 0 Å². The zero-order valence-corrected chi connectivity index (χ0v) is 19.4. The molecule has 4 nitrogen and oxygen atoms in total. The molecule has 0 heterocycles. The smallest absolute Gasteiger partial charge is 0.239 e. The molecule has 0 radical (unpaired) electrons. The number of nitrogens with two attached hydrogens (primary N) is 1. The molecule has 0 spiro atoms. The second-order valence-electron chi connectivity index (χ2n) is 8.55. The zero-order chi connectivity index (χ0) is 23.5. The summed E-state index contributed by atoms with van der Waals surface area (Å²) in [6.07, 6.45) is 4.85. The molecule has 0 aliphatic carbocycles. The summed E-state index contributed by atoms with van der Waals surface area (Å²) < 4.78 is 0. The summed E-state index contributed by atoms with van der Waals surface area (Å²) >= 11 is 0. The first-order chi connectivity index (χ1) is 16.1. The number of amides is 2. The van der Waals surface area contributed by atoms with Gasteiger partial charge in [0.2, 0.25) is 11.8 Å². The van der Waals surface area contributed by atoms with E-state index in [1.54, 1.807) is 0 Å². The molecule has 0 bridgehead atoms. The number of carbonyl (C=O) groups excluding carboxylic acids is 2. The van der Waals surface area contributed by atoms with Gasteiger partial charge in [-0.05, 0) is 23.1 Å². The minimum Gasteiger partial charge on any atom is -0.368 e. The van der Waals surface area contributed by atoms with Crippen LogP contribution in [0.2, 0.25) is 0 Å². The van der Waals surface area contributed by atoms with E-state index >= 15 is 0 Å². The van der Waals surface area contributed by atoms with Crippen LogP contribution in [-0.4, -0.2) is 17.9 Å². The van der Waals surface area contributed by atoms with Crippen LogP contribution in [0.3, 0.4) is 0 Å². The lowest BCUT2D eigenvalue weighted by Crippen LogP contribution is -2.46. The monoisotopic (exact) mass is 442 g/mol. The molecule has 3 rings (SSSR count). The van der Waals surface area contributed by atoms with Crippen LogP contribution >= 0.6 is 0 Å².